The van der Waals surface area contributed by atoms with Gasteiger partial charge in [-0.3, -0.25) is 0 Å². The molecule has 0 unspecified atom stereocenters. The van der Waals surface area contributed by atoms with Gasteiger partial charge in [0.05, 0.1) is 0 Å². The molecular weight excluding hydrogens is 164 g/mol. The molecule has 0 saturated heterocycles. The standard InChI is InChI=1S/C9H16N4/c1-9(2,3)13(4)8-5-7(10)11-6-12-8/h5-6H,1-4H3,(H2,10,11,12). The summed E-state index contributed by atoms with van der Waals surface area (Å²) in [6.07, 6.45) is 1.48. The Morgan fingerprint density at radius 1 is 1.31 bits per heavy atom. The van der Waals surface area contributed by atoms with E-state index < -0.39 is 0 Å². The fourth-order valence-electron chi connectivity index (χ4n) is 0.889. The van der Waals surface area contributed by atoms with Crippen LogP contribution in [-0.4, -0.2) is 22.6 Å². The van der Waals surface area contributed by atoms with Crippen LogP contribution in [0.4, 0.5) is 11.6 Å². The lowest BCUT2D eigenvalue weighted by atomic mass is 10.1. The van der Waals surface area contributed by atoms with E-state index in [1.165, 1.54) is 6.33 Å². The predicted molar refractivity (Wildman–Crippen MR) is 54.6 cm³/mol. The van der Waals surface area contributed by atoms with Gasteiger partial charge in [0.15, 0.2) is 0 Å². The monoisotopic (exact) mass is 180 g/mol. The van der Waals surface area contributed by atoms with Gasteiger partial charge in [-0.15, -0.1) is 0 Å². The number of hydrogen-bond donors (Lipinski definition) is 1. The number of nitrogens with zero attached hydrogens (tertiary/aromatic N) is 3. The lowest BCUT2D eigenvalue weighted by Gasteiger charge is -2.32. The molecule has 1 aromatic rings. The molecule has 4 heteroatoms. The largest absolute Gasteiger partial charge is 0.384 e. The molecule has 0 radical (unpaired) electrons. The maximum absolute atomic E-state index is 5.56. The molecule has 0 amide bonds. The Morgan fingerprint density at radius 2 is 1.92 bits per heavy atom. The van der Waals surface area contributed by atoms with Gasteiger partial charge in [-0.1, -0.05) is 0 Å². The zero-order chi connectivity index (χ0) is 10.1. The zero-order valence-electron chi connectivity index (χ0n) is 8.57. The summed E-state index contributed by atoms with van der Waals surface area (Å²) in [7, 11) is 1.99. The first-order chi connectivity index (χ1) is 5.91. The van der Waals surface area contributed by atoms with Crippen LogP contribution in [0.1, 0.15) is 20.8 Å². The van der Waals surface area contributed by atoms with Crippen LogP contribution in [0.5, 0.6) is 0 Å². The Kier molecular flexibility index (Phi) is 2.40. The van der Waals surface area contributed by atoms with E-state index in [-0.39, 0.29) is 5.54 Å². The summed E-state index contributed by atoms with van der Waals surface area (Å²) < 4.78 is 0. The summed E-state index contributed by atoms with van der Waals surface area (Å²) in [6.45, 7) is 6.35. The third-order valence-corrected chi connectivity index (χ3v) is 2.02. The Hall–Kier alpha value is -1.32. The van der Waals surface area contributed by atoms with Gasteiger partial charge >= 0.3 is 0 Å². The number of hydrogen-bond acceptors (Lipinski definition) is 4. The van der Waals surface area contributed by atoms with E-state index in [2.05, 4.69) is 35.6 Å². The van der Waals surface area contributed by atoms with Crippen molar-refractivity contribution in [1.82, 2.24) is 9.97 Å². The van der Waals surface area contributed by atoms with Crippen LogP contribution < -0.4 is 10.6 Å². The highest BCUT2D eigenvalue weighted by Gasteiger charge is 2.18. The second-order valence-electron chi connectivity index (χ2n) is 4.03. The van der Waals surface area contributed by atoms with Gasteiger partial charge in [-0.05, 0) is 20.8 Å². The Balaban J connectivity index is 2.96. The van der Waals surface area contributed by atoms with Crippen LogP contribution in [0.2, 0.25) is 0 Å². The molecule has 4 nitrogen and oxygen atoms in total. The maximum Gasteiger partial charge on any atom is 0.134 e. The summed E-state index contributed by atoms with van der Waals surface area (Å²) in [5.74, 6) is 1.35. The summed E-state index contributed by atoms with van der Waals surface area (Å²) in [6, 6.07) is 1.77. The topological polar surface area (TPSA) is 55.0 Å². The van der Waals surface area contributed by atoms with Crippen LogP contribution >= 0.6 is 0 Å². The Morgan fingerprint density at radius 3 is 2.38 bits per heavy atom. The molecule has 0 fully saturated rings. The van der Waals surface area contributed by atoms with Gasteiger partial charge in [0.25, 0.3) is 0 Å². The van der Waals surface area contributed by atoms with Crippen molar-refractivity contribution in [3.8, 4) is 0 Å². The summed E-state index contributed by atoms with van der Waals surface area (Å²) >= 11 is 0. The van der Waals surface area contributed by atoms with Crippen molar-refractivity contribution >= 4 is 11.6 Å². The van der Waals surface area contributed by atoms with Crippen LogP contribution in [0.25, 0.3) is 0 Å². The molecule has 0 atom stereocenters. The minimum absolute atomic E-state index is 0.0425. The van der Waals surface area contributed by atoms with Gasteiger partial charge in [0.1, 0.15) is 18.0 Å². The van der Waals surface area contributed by atoms with Crippen molar-refractivity contribution in [2.45, 2.75) is 26.3 Å². The van der Waals surface area contributed by atoms with Crippen molar-refractivity contribution < 1.29 is 0 Å². The Bertz CT molecular complexity index is 290. The second-order valence-corrected chi connectivity index (χ2v) is 4.03. The molecule has 2 N–H and O–H groups in total. The van der Waals surface area contributed by atoms with E-state index in [4.69, 9.17) is 5.73 Å². The minimum Gasteiger partial charge on any atom is -0.384 e. The van der Waals surface area contributed by atoms with Crippen molar-refractivity contribution in [1.29, 1.82) is 0 Å². The van der Waals surface area contributed by atoms with Crippen LogP contribution in [0, 0.1) is 0 Å². The van der Waals surface area contributed by atoms with Gasteiger partial charge in [-0.2, -0.15) is 0 Å². The van der Waals surface area contributed by atoms with Crippen molar-refractivity contribution in [2.75, 3.05) is 17.7 Å². The first-order valence-electron chi connectivity index (χ1n) is 4.22. The maximum atomic E-state index is 5.56. The van der Waals surface area contributed by atoms with Gasteiger partial charge in [0, 0.05) is 18.7 Å². The summed E-state index contributed by atoms with van der Waals surface area (Å²) in [4.78, 5) is 10.0. The molecule has 72 valence electrons. The van der Waals surface area contributed by atoms with E-state index in [1.54, 1.807) is 6.07 Å². The van der Waals surface area contributed by atoms with Crippen LogP contribution in [0.3, 0.4) is 0 Å². The third kappa shape index (κ3) is 2.31. The quantitative estimate of drug-likeness (QED) is 0.707. The molecule has 1 aromatic heterocycles. The van der Waals surface area contributed by atoms with Crippen molar-refractivity contribution in [3.63, 3.8) is 0 Å². The predicted octanol–water partition coefficient (Wildman–Crippen LogP) is 1.29. The highest BCUT2D eigenvalue weighted by molar-refractivity contribution is 5.46. The smallest absolute Gasteiger partial charge is 0.134 e. The number of nitrogens with two attached hydrogens (primary N) is 1. The number of nitrogen functional groups attached to an aromatic ring is 1. The molecule has 0 saturated carbocycles. The fourth-order valence-corrected chi connectivity index (χ4v) is 0.889. The molecular formula is C9H16N4. The molecule has 0 aliphatic carbocycles. The first-order valence-corrected chi connectivity index (χ1v) is 4.22. The zero-order valence-corrected chi connectivity index (χ0v) is 8.57. The first kappa shape index (κ1) is 9.77. The molecule has 0 spiro atoms. The SMILES string of the molecule is CN(c1cc(N)ncn1)C(C)(C)C. The van der Waals surface area contributed by atoms with E-state index in [0.29, 0.717) is 5.82 Å². The fraction of sp³-hybridized carbons (Fsp3) is 0.556. The van der Waals surface area contributed by atoms with Gasteiger partial charge in [-0.25, -0.2) is 9.97 Å². The molecule has 13 heavy (non-hydrogen) atoms. The average Bonchev–Trinajstić information content (AvgIpc) is 2.01. The second kappa shape index (κ2) is 3.20. The highest BCUT2D eigenvalue weighted by atomic mass is 15.2. The minimum atomic E-state index is 0.0425. The Labute approximate surface area is 78.8 Å². The lowest BCUT2D eigenvalue weighted by molar-refractivity contribution is 0.533. The summed E-state index contributed by atoms with van der Waals surface area (Å²) in [5, 5.41) is 0. The molecule has 0 aliphatic rings. The molecule has 0 aromatic carbocycles. The molecule has 0 bridgehead atoms. The van der Waals surface area contributed by atoms with E-state index >= 15 is 0 Å². The van der Waals surface area contributed by atoms with Gasteiger partial charge in [0.2, 0.25) is 0 Å². The lowest BCUT2D eigenvalue weighted by Crippen LogP contribution is -2.38. The molecule has 0 aliphatic heterocycles. The van der Waals surface area contributed by atoms with Crippen molar-refractivity contribution in [2.24, 2.45) is 0 Å². The molecule has 1 rings (SSSR count). The average molecular weight is 180 g/mol. The molecule has 1 heterocycles. The number of rotatable bonds is 1. The van der Waals surface area contributed by atoms with E-state index in [9.17, 15) is 0 Å². The van der Waals surface area contributed by atoms with E-state index in [1.807, 2.05) is 7.05 Å². The summed E-state index contributed by atoms with van der Waals surface area (Å²) in [5.41, 5.74) is 5.60. The third-order valence-electron chi connectivity index (χ3n) is 2.02. The normalized spacial score (nSPS) is 11.4. The van der Waals surface area contributed by atoms with Crippen LogP contribution in [-0.2, 0) is 0 Å². The van der Waals surface area contributed by atoms with Gasteiger partial charge < -0.3 is 10.6 Å². The number of anilines is 2. The van der Waals surface area contributed by atoms with Crippen molar-refractivity contribution in [3.05, 3.63) is 12.4 Å². The number of aromatic nitrogens is 2. The van der Waals surface area contributed by atoms with Crippen LogP contribution in [0.15, 0.2) is 12.4 Å². The highest BCUT2D eigenvalue weighted by Crippen LogP contribution is 2.19. The van der Waals surface area contributed by atoms with E-state index in [0.717, 1.165) is 5.82 Å².